The number of allylic oxidation sites excluding steroid dienone is 3. The number of benzene rings is 1. The van der Waals surface area contributed by atoms with Crippen molar-refractivity contribution in [2.24, 2.45) is 5.92 Å². The normalized spacial score (nSPS) is 26.8. The Labute approximate surface area is 162 Å². The average Bonchev–Trinajstić information content (AvgIpc) is 2.93. The molecule has 1 aromatic carbocycles. The van der Waals surface area contributed by atoms with Crippen molar-refractivity contribution in [3.05, 3.63) is 54.1 Å². The molecule has 0 aliphatic carbocycles. The van der Waals surface area contributed by atoms with Crippen LogP contribution in [0.3, 0.4) is 0 Å². The lowest BCUT2D eigenvalue weighted by Gasteiger charge is -2.28. The summed E-state index contributed by atoms with van der Waals surface area (Å²) in [4.78, 5) is 22.0. The molecule has 4 heteroatoms. The van der Waals surface area contributed by atoms with E-state index < -0.39 is 17.2 Å². The summed E-state index contributed by atoms with van der Waals surface area (Å²) in [6.07, 6.45) is 13.4. The Morgan fingerprint density at radius 3 is 2.48 bits per heavy atom. The lowest BCUT2D eigenvalue weighted by molar-refractivity contribution is -0.351. The largest absolute Gasteiger partial charge is 0.481 e. The van der Waals surface area contributed by atoms with Gasteiger partial charge in [-0.15, -0.1) is 0 Å². The highest BCUT2D eigenvalue weighted by atomic mass is 17.2. The fourth-order valence-electron chi connectivity index (χ4n) is 3.53. The molecule has 1 saturated heterocycles. The Balaban J connectivity index is 1.66. The van der Waals surface area contributed by atoms with Crippen LogP contribution in [-0.4, -0.2) is 22.3 Å². The van der Waals surface area contributed by atoms with Gasteiger partial charge < -0.3 is 5.11 Å². The summed E-state index contributed by atoms with van der Waals surface area (Å²) in [5, 5.41) is 9.03. The topological polar surface area (TPSA) is 55.8 Å². The molecule has 2 rings (SSSR count). The van der Waals surface area contributed by atoms with Crippen LogP contribution in [0, 0.1) is 5.92 Å². The molecule has 0 aromatic heterocycles. The number of rotatable bonds is 10. The lowest BCUT2D eigenvalue weighted by Crippen LogP contribution is -2.35. The second-order valence-corrected chi connectivity index (χ2v) is 8.02. The summed E-state index contributed by atoms with van der Waals surface area (Å²) in [6.45, 7) is 5.97. The Morgan fingerprint density at radius 1 is 1.11 bits per heavy atom. The van der Waals surface area contributed by atoms with Crippen LogP contribution in [0.1, 0.15) is 64.9 Å². The van der Waals surface area contributed by atoms with Crippen molar-refractivity contribution in [2.45, 2.75) is 70.5 Å². The molecule has 4 nitrogen and oxygen atoms in total. The second-order valence-electron chi connectivity index (χ2n) is 8.02. The maximum atomic E-state index is 11.0. The molecular weight excluding hydrogens is 340 g/mol. The first-order chi connectivity index (χ1) is 12.8. The highest BCUT2D eigenvalue weighted by Gasteiger charge is 2.49. The molecule has 1 fully saturated rings. The zero-order chi connectivity index (χ0) is 19.8. The first-order valence-electron chi connectivity index (χ1n) is 9.78. The van der Waals surface area contributed by atoms with Crippen molar-refractivity contribution in [2.75, 3.05) is 0 Å². The zero-order valence-corrected chi connectivity index (χ0v) is 16.7. The maximum absolute atomic E-state index is 11.0. The standard InChI is InChI=1S/C23H32O4/c1-19(23(3)18-22(2,26-27-23)17-21(24)25)13-9-6-4-5-7-10-14-20-15-11-8-12-16-20/h4,6,8,10-12,14-16,19H,5,7,9,13,17-18H2,1-3H3,(H,24,25)/b6-4+,14-10+. The van der Waals surface area contributed by atoms with E-state index in [1.807, 2.05) is 32.0 Å². The fraction of sp³-hybridized carbons (Fsp3) is 0.522. The van der Waals surface area contributed by atoms with Gasteiger partial charge in [0.2, 0.25) is 0 Å². The van der Waals surface area contributed by atoms with E-state index in [1.165, 1.54) is 5.56 Å². The van der Waals surface area contributed by atoms with Crippen molar-refractivity contribution in [3.8, 4) is 0 Å². The van der Waals surface area contributed by atoms with Crippen molar-refractivity contribution in [3.63, 3.8) is 0 Å². The van der Waals surface area contributed by atoms with Crippen molar-refractivity contribution in [1.82, 2.24) is 0 Å². The Kier molecular flexibility index (Phi) is 7.81. The number of carboxylic acids is 1. The van der Waals surface area contributed by atoms with E-state index >= 15 is 0 Å². The molecule has 1 N–H and O–H groups in total. The highest BCUT2D eigenvalue weighted by Crippen LogP contribution is 2.43. The molecule has 0 spiro atoms. The Bertz CT molecular complexity index is 652. The highest BCUT2D eigenvalue weighted by molar-refractivity contribution is 5.68. The van der Waals surface area contributed by atoms with Gasteiger partial charge in [-0.05, 0) is 51.0 Å². The van der Waals surface area contributed by atoms with E-state index in [0.717, 1.165) is 25.7 Å². The smallest absolute Gasteiger partial charge is 0.306 e. The predicted octanol–water partition coefficient (Wildman–Crippen LogP) is 5.80. The van der Waals surface area contributed by atoms with E-state index in [-0.39, 0.29) is 12.3 Å². The number of carboxylic acid groups (broad SMARTS) is 1. The summed E-state index contributed by atoms with van der Waals surface area (Å²) >= 11 is 0. The molecule has 1 aromatic rings. The van der Waals surface area contributed by atoms with Gasteiger partial charge >= 0.3 is 5.97 Å². The van der Waals surface area contributed by atoms with Gasteiger partial charge in [0.15, 0.2) is 0 Å². The number of hydrogen-bond acceptors (Lipinski definition) is 3. The van der Waals surface area contributed by atoms with Crippen LogP contribution in [-0.2, 0) is 14.6 Å². The monoisotopic (exact) mass is 372 g/mol. The molecule has 0 radical (unpaired) electrons. The van der Waals surface area contributed by atoms with Gasteiger partial charge in [-0.2, -0.15) is 0 Å². The van der Waals surface area contributed by atoms with Gasteiger partial charge in [-0.3, -0.25) is 4.79 Å². The van der Waals surface area contributed by atoms with Crippen molar-refractivity contribution < 1.29 is 19.7 Å². The van der Waals surface area contributed by atoms with Crippen LogP contribution >= 0.6 is 0 Å². The van der Waals surface area contributed by atoms with E-state index in [4.69, 9.17) is 14.9 Å². The van der Waals surface area contributed by atoms with Crippen LogP contribution in [0.25, 0.3) is 6.08 Å². The van der Waals surface area contributed by atoms with E-state index in [0.29, 0.717) is 6.42 Å². The van der Waals surface area contributed by atoms with Gasteiger partial charge in [0.1, 0.15) is 11.2 Å². The van der Waals surface area contributed by atoms with E-state index in [1.54, 1.807) is 0 Å². The van der Waals surface area contributed by atoms with Crippen molar-refractivity contribution >= 4 is 12.0 Å². The van der Waals surface area contributed by atoms with Gasteiger partial charge in [-0.1, -0.05) is 61.6 Å². The van der Waals surface area contributed by atoms with Crippen LogP contribution < -0.4 is 0 Å². The zero-order valence-electron chi connectivity index (χ0n) is 16.7. The molecule has 3 unspecified atom stereocenters. The van der Waals surface area contributed by atoms with Gasteiger partial charge in [-0.25, -0.2) is 9.78 Å². The first kappa shape index (κ1) is 21.4. The molecule has 0 bridgehead atoms. The minimum atomic E-state index is -0.859. The molecular formula is C23H32O4. The lowest BCUT2D eigenvalue weighted by atomic mass is 9.79. The quantitative estimate of drug-likeness (QED) is 0.320. The summed E-state index contributed by atoms with van der Waals surface area (Å²) < 4.78 is 0. The average molecular weight is 373 g/mol. The summed E-state index contributed by atoms with van der Waals surface area (Å²) in [7, 11) is 0. The molecule has 148 valence electrons. The molecule has 0 saturated carbocycles. The third kappa shape index (κ3) is 6.96. The Morgan fingerprint density at radius 2 is 1.78 bits per heavy atom. The van der Waals surface area contributed by atoms with Gasteiger partial charge in [0, 0.05) is 6.42 Å². The van der Waals surface area contributed by atoms with Crippen molar-refractivity contribution in [1.29, 1.82) is 0 Å². The second kappa shape index (κ2) is 9.86. The molecule has 1 aliphatic rings. The van der Waals surface area contributed by atoms with Gasteiger partial charge in [0.25, 0.3) is 0 Å². The molecule has 0 amide bonds. The third-order valence-electron chi connectivity index (χ3n) is 5.27. The summed E-state index contributed by atoms with van der Waals surface area (Å²) in [6, 6.07) is 10.3. The number of carbonyl (C=O) groups is 1. The third-order valence-corrected chi connectivity index (χ3v) is 5.27. The molecule has 3 atom stereocenters. The van der Waals surface area contributed by atoms with Crippen LogP contribution in [0.5, 0.6) is 0 Å². The first-order valence-corrected chi connectivity index (χ1v) is 9.78. The summed E-state index contributed by atoms with van der Waals surface area (Å²) in [5.74, 6) is -0.571. The minimum absolute atomic E-state index is 0.0360. The maximum Gasteiger partial charge on any atom is 0.306 e. The number of unbranched alkanes of at least 4 members (excludes halogenated alkanes) is 1. The number of hydrogen-bond donors (Lipinski definition) is 1. The van der Waals surface area contributed by atoms with E-state index in [2.05, 4.69) is 43.4 Å². The van der Waals surface area contributed by atoms with Crippen LogP contribution in [0.2, 0.25) is 0 Å². The fourth-order valence-corrected chi connectivity index (χ4v) is 3.53. The van der Waals surface area contributed by atoms with Gasteiger partial charge in [0.05, 0.1) is 6.42 Å². The van der Waals surface area contributed by atoms with Crippen LogP contribution in [0.4, 0.5) is 0 Å². The van der Waals surface area contributed by atoms with E-state index in [9.17, 15) is 4.79 Å². The number of aliphatic carboxylic acids is 1. The summed E-state index contributed by atoms with van der Waals surface area (Å²) in [5.41, 5.74) is 0.0592. The molecule has 27 heavy (non-hydrogen) atoms. The molecule has 1 aliphatic heterocycles. The predicted molar refractivity (Wildman–Crippen MR) is 108 cm³/mol. The van der Waals surface area contributed by atoms with Crippen LogP contribution in [0.15, 0.2) is 48.6 Å². The molecule has 1 heterocycles. The SMILES string of the molecule is CC(CC/C=C/CC/C=C/c1ccccc1)C1(C)CC(C)(CC(=O)O)OO1. The Hall–Kier alpha value is -1.91. The minimum Gasteiger partial charge on any atom is -0.481 e.